The van der Waals surface area contributed by atoms with Crippen LogP contribution < -0.4 is 0 Å². The van der Waals surface area contributed by atoms with Gasteiger partial charge in [-0.3, -0.25) is 5.10 Å². The minimum absolute atomic E-state index is 0.0273. The molecule has 112 valence electrons. The average molecular weight is 299 g/mol. The van der Waals surface area contributed by atoms with Gasteiger partial charge in [-0.05, 0) is 31.0 Å². The summed E-state index contributed by atoms with van der Waals surface area (Å²) in [5.74, 6) is 0.0693. The van der Waals surface area contributed by atoms with Crippen LogP contribution in [0.5, 0.6) is 0 Å². The molecule has 0 spiro atoms. The van der Waals surface area contributed by atoms with Gasteiger partial charge in [-0.15, -0.1) is 0 Å². The maximum Gasteiger partial charge on any atom is 0.416 e. The molecule has 1 aliphatic carbocycles. The molecule has 1 saturated carbocycles. The summed E-state index contributed by atoms with van der Waals surface area (Å²) in [5, 5.41) is 6.59. The summed E-state index contributed by atoms with van der Waals surface area (Å²) in [6.07, 6.45) is -0.385. The molecule has 21 heavy (non-hydrogen) atoms. The number of alkyl halides is 3. The first-order valence-electron chi connectivity index (χ1n) is 6.74. The monoisotopic (exact) mass is 299 g/mol. The Hall–Kier alpha value is -1.92. The molecule has 0 aliphatic heterocycles. The number of aromatic amines is 1. The number of hydrogen-bond donors (Lipinski definition) is 1. The van der Waals surface area contributed by atoms with E-state index in [-0.39, 0.29) is 17.3 Å². The minimum atomic E-state index is -4.52. The normalized spacial score (nSPS) is 16.6. The minimum Gasteiger partial charge on any atom is -0.262 e. The highest BCUT2D eigenvalue weighted by molar-refractivity contribution is 5.57. The lowest BCUT2D eigenvalue weighted by Crippen LogP contribution is -2.05. The molecule has 0 saturated heterocycles. The van der Waals surface area contributed by atoms with Crippen LogP contribution in [0, 0.1) is 5.82 Å². The van der Waals surface area contributed by atoms with Crippen molar-refractivity contribution in [1.82, 2.24) is 15.2 Å². The fourth-order valence-corrected chi connectivity index (χ4v) is 2.65. The van der Waals surface area contributed by atoms with Crippen molar-refractivity contribution in [2.24, 2.45) is 0 Å². The number of aromatic nitrogens is 3. The third kappa shape index (κ3) is 2.77. The van der Waals surface area contributed by atoms with Gasteiger partial charge < -0.3 is 0 Å². The quantitative estimate of drug-likeness (QED) is 0.841. The second-order valence-corrected chi connectivity index (χ2v) is 5.22. The van der Waals surface area contributed by atoms with Crippen molar-refractivity contribution in [2.45, 2.75) is 37.8 Å². The molecule has 1 aromatic carbocycles. The number of rotatable bonds is 2. The first-order chi connectivity index (χ1) is 9.95. The first-order valence-corrected chi connectivity index (χ1v) is 6.74. The van der Waals surface area contributed by atoms with Crippen LogP contribution >= 0.6 is 0 Å². The van der Waals surface area contributed by atoms with Crippen molar-refractivity contribution in [3.63, 3.8) is 0 Å². The van der Waals surface area contributed by atoms with E-state index in [9.17, 15) is 17.6 Å². The Bertz CT molecular complexity index is 642. The van der Waals surface area contributed by atoms with Gasteiger partial charge in [0, 0.05) is 5.92 Å². The van der Waals surface area contributed by atoms with E-state index in [1.54, 1.807) is 0 Å². The third-order valence-corrected chi connectivity index (χ3v) is 3.78. The van der Waals surface area contributed by atoms with E-state index >= 15 is 0 Å². The molecular weight excluding hydrogens is 286 g/mol. The fourth-order valence-electron chi connectivity index (χ4n) is 2.65. The molecular formula is C14H13F4N3. The van der Waals surface area contributed by atoms with Gasteiger partial charge in [-0.25, -0.2) is 9.37 Å². The summed E-state index contributed by atoms with van der Waals surface area (Å²) in [6.45, 7) is 0. The number of hydrogen-bond acceptors (Lipinski definition) is 2. The van der Waals surface area contributed by atoms with Gasteiger partial charge in [0.15, 0.2) is 5.82 Å². The SMILES string of the molecule is Fc1ccc(C(F)(F)F)cc1-c1n[nH]c(C2CCCC2)n1. The zero-order valence-electron chi connectivity index (χ0n) is 11.0. The van der Waals surface area contributed by atoms with Gasteiger partial charge in [-0.2, -0.15) is 18.3 Å². The van der Waals surface area contributed by atoms with Crippen LogP contribution in [0.2, 0.25) is 0 Å². The summed E-state index contributed by atoms with van der Waals surface area (Å²) in [7, 11) is 0. The van der Waals surface area contributed by atoms with Crippen LogP contribution in [0.4, 0.5) is 17.6 Å². The Kier molecular flexibility index (Phi) is 3.43. The Balaban J connectivity index is 1.96. The van der Waals surface area contributed by atoms with E-state index < -0.39 is 17.6 Å². The molecule has 3 rings (SSSR count). The van der Waals surface area contributed by atoms with Crippen LogP contribution in [0.1, 0.15) is 43.0 Å². The van der Waals surface area contributed by atoms with Crippen LogP contribution in [-0.4, -0.2) is 15.2 Å². The van der Waals surface area contributed by atoms with Gasteiger partial charge in [-0.1, -0.05) is 12.8 Å². The van der Waals surface area contributed by atoms with Crippen LogP contribution in [0.25, 0.3) is 11.4 Å². The smallest absolute Gasteiger partial charge is 0.262 e. The second kappa shape index (κ2) is 5.13. The summed E-state index contributed by atoms with van der Waals surface area (Å²) in [5.41, 5.74) is -1.14. The van der Waals surface area contributed by atoms with Crippen molar-refractivity contribution in [3.05, 3.63) is 35.4 Å². The molecule has 0 bridgehead atoms. The van der Waals surface area contributed by atoms with Crippen molar-refractivity contribution >= 4 is 0 Å². The maximum absolute atomic E-state index is 13.8. The lowest BCUT2D eigenvalue weighted by Gasteiger charge is -2.08. The summed E-state index contributed by atoms with van der Waals surface area (Å²) < 4.78 is 51.9. The molecule has 7 heteroatoms. The van der Waals surface area contributed by atoms with E-state index in [4.69, 9.17) is 0 Å². The Morgan fingerprint density at radius 2 is 1.86 bits per heavy atom. The van der Waals surface area contributed by atoms with Crippen molar-refractivity contribution in [2.75, 3.05) is 0 Å². The van der Waals surface area contributed by atoms with E-state index in [0.717, 1.165) is 37.8 Å². The standard InChI is InChI=1S/C14H13F4N3/c15-11-6-5-9(14(16,17)18)7-10(11)13-19-12(20-21-13)8-3-1-2-4-8/h5-8H,1-4H2,(H,19,20,21). The van der Waals surface area contributed by atoms with Crippen LogP contribution in [0.15, 0.2) is 18.2 Å². The predicted octanol–water partition coefficient (Wildman–Crippen LogP) is 4.29. The topological polar surface area (TPSA) is 41.6 Å². The second-order valence-electron chi connectivity index (χ2n) is 5.22. The molecule has 0 amide bonds. The number of nitrogens with zero attached hydrogens (tertiary/aromatic N) is 2. The fraction of sp³-hybridized carbons (Fsp3) is 0.429. The molecule has 0 unspecified atom stereocenters. The first kappa shape index (κ1) is 14.0. The highest BCUT2D eigenvalue weighted by Gasteiger charge is 2.32. The lowest BCUT2D eigenvalue weighted by molar-refractivity contribution is -0.137. The molecule has 2 aromatic rings. The average Bonchev–Trinajstić information content (AvgIpc) is 3.09. The molecule has 3 nitrogen and oxygen atoms in total. The third-order valence-electron chi connectivity index (χ3n) is 3.78. The lowest BCUT2D eigenvalue weighted by atomic mass is 10.1. The summed E-state index contributed by atoms with van der Waals surface area (Å²) >= 11 is 0. The van der Waals surface area contributed by atoms with Crippen LogP contribution in [0.3, 0.4) is 0 Å². The predicted molar refractivity (Wildman–Crippen MR) is 68.0 cm³/mol. The van der Waals surface area contributed by atoms with E-state index in [1.165, 1.54) is 0 Å². The highest BCUT2D eigenvalue weighted by atomic mass is 19.4. The van der Waals surface area contributed by atoms with Crippen molar-refractivity contribution in [1.29, 1.82) is 0 Å². The highest BCUT2D eigenvalue weighted by Crippen LogP contribution is 2.35. The number of nitrogens with one attached hydrogen (secondary N) is 1. The van der Waals surface area contributed by atoms with Gasteiger partial charge in [0.1, 0.15) is 11.6 Å². The van der Waals surface area contributed by atoms with E-state index in [2.05, 4.69) is 15.2 Å². The Labute approximate surface area is 118 Å². The maximum atomic E-state index is 13.8. The molecule has 0 radical (unpaired) electrons. The van der Waals surface area contributed by atoms with E-state index in [1.807, 2.05) is 0 Å². The number of H-pyrrole nitrogens is 1. The molecule has 1 heterocycles. The summed E-state index contributed by atoms with van der Waals surface area (Å²) in [6, 6.07) is 2.25. The number of benzene rings is 1. The number of halogens is 4. The Morgan fingerprint density at radius 1 is 1.14 bits per heavy atom. The van der Waals surface area contributed by atoms with Gasteiger partial charge in [0.05, 0.1) is 11.1 Å². The van der Waals surface area contributed by atoms with Gasteiger partial charge in [0.2, 0.25) is 0 Å². The van der Waals surface area contributed by atoms with Gasteiger partial charge >= 0.3 is 6.18 Å². The molecule has 1 fully saturated rings. The largest absolute Gasteiger partial charge is 0.416 e. The molecule has 1 aromatic heterocycles. The zero-order valence-corrected chi connectivity index (χ0v) is 11.0. The van der Waals surface area contributed by atoms with Gasteiger partial charge in [0.25, 0.3) is 0 Å². The molecule has 1 aliphatic rings. The zero-order chi connectivity index (χ0) is 15.0. The molecule has 0 atom stereocenters. The van der Waals surface area contributed by atoms with Crippen LogP contribution in [-0.2, 0) is 6.18 Å². The molecule has 1 N–H and O–H groups in total. The Morgan fingerprint density at radius 3 is 2.52 bits per heavy atom. The summed E-state index contributed by atoms with van der Waals surface area (Å²) in [4.78, 5) is 4.17. The van der Waals surface area contributed by atoms with E-state index in [0.29, 0.717) is 11.9 Å². The van der Waals surface area contributed by atoms with Crippen molar-refractivity contribution < 1.29 is 17.6 Å². The van der Waals surface area contributed by atoms with Crippen molar-refractivity contribution in [3.8, 4) is 11.4 Å².